The van der Waals surface area contributed by atoms with Gasteiger partial charge in [-0.15, -0.1) is 0 Å². The van der Waals surface area contributed by atoms with Crippen molar-refractivity contribution in [2.24, 2.45) is 0 Å². The van der Waals surface area contributed by atoms with Gasteiger partial charge in [0.05, 0.1) is 0 Å². The van der Waals surface area contributed by atoms with E-state index >= 15 is 0 Å². The molecule has 0 aliphatic heterocycles. The molecule has 0 heterocycles. The lowest BCUT2D eigenvalue weighted by Crippen LogP contribution is -3.61. The highest BCUT2D eigenvalue weighted by Gasteiger charge is 2.28. The zero-order chi connectivity index (χ0) is 20.9. The second-order valence-corrected chi connectivity index (χ2v) is 9.39. The molecule has 3 nitrogen and oxygen atoms in total. The van der Waals surface area contributed by atoms with Crippen LogP contribution < -0.4 is 21.2 Å². The second kappa shape index (κ2) is 9.43. The van der Waals surface area contributed by atoms with Crippen molar-refractivity contribution in [1.29, 1.82) is 0 Å². The maximum Gasteiger partial charge on any atom is 0.357 e. The molecule has 3 aromatic rings. The molecule has 0 saturated carbocycles. The fourth-order valence-corrected chi connectivity index (χ4v) is 4.77. The summed E-state index contributed by atoms with van der Waals surface area (Å²) in [6.07, 6.45) is 0. The third kappa shape index (κ3) is 5.49. The van der Waals surface area contributed by atoms with Crippen molar-refractivity contribution >= 4 is 10.1 Å². The van der Waals surface area contributed by atoms with Gasteiger partial charge in [0.1, 0.15) is 15.0 Å². The van der Waals surface area contributed by atoms with Crippen LogP contribution in [0.3, 0.4) is 0 Å². The van der Waals surface area contributed by atoms with E-state index < -0.39 is 44.1 Å². The summed E-state index contributed by atoms with van der Waals surface area (Å²) in [5.74, 6) is -12.8. The second-order valence-electron chi connectivity index (χ2n) is 5.04. The summed E-state index contributed by atoms with van der Waals surface area (Å²) in [7, 11) is -5.77. The van der Waals surface area contributed by atoms with Gasteiger partial charge in [0.15, 0.2) is 30.4 Å². The molecule has 0 atom stereocenters. The normalized spacial score (nSPS) is 10.9. The van der Waals surface area contributed by atoms with E-state index in [-0.39, 0.29) is 21.2 Å². The lowest BCUT2D eigenvalue weighted by molar-refractivity contribution is -0.597. The summed E-state index contributed by atoms with van der Waals surface area (Å²) in [6, 6.07) is 21.4. The SMILES string of the molecule is O=S(=O)([O-])c1c(F)c(F)c(F)c(F)c1F.c1ccc([I+]c2ccccc2)cc1. The number of halogens is 6. The monoisotopic (exact) mass is 528 g/mol. The highest BCUT2D eigenvalue weighted by molar-refractivity contribution is 7.85. The number of benzene rings is 3. The third-order valence-corrected chi connectivity index (χ3v) is 6.65. The topological polar surface area (TPSA) is 57.2 Å². The van der Waals surface area contributed by atoms with E-state index in [0.29, 0.717) is 0 Å². The van der Waals surface area contributed by atoms with Gasteiger partial charge < -0.3 is 4.55 Å². The van der Waals surface area contributed by atoms with Crippen LogP contribution in [0.1, 0.15) is 0 Å². The van der Waals surface area contributed by atoms with Crippen LogP contribution in [0, 0.1) is 36.2 Å². The smallest absolute Gasteiger partial charge is 0.357 e. The molecule has 3 rings (SSSR count). The van der Waals surface area contributed by atoms with Crippen molar-refractivity contribution in [3.05, 3.63) is 96.9 Å². The van der Waals surface area contributed by atoms with Gasteiger partial charge in [-0.1, -0.05) is 36.4 Å². The average molecular weight is 528 g/mol. The Labute approximate surface area is 167 Å². The van der Waals surface area contributed by atoms with E-state index in [1.165, 1.54) is 7.14 Å². The zero-order valence-corrected chi connectivity index (χ0v) is 16.6. The lowest BCUT2D eigenvalue weighted by atomic mass is 10.3. The number of rotatable bonds is 3. The number of hydrogen-bond donors (Lipinski definition) is 0. The Morgan fingerprint density at radius 1 is 0.607 bits per heavy atom. The van der Waals surface area contributed by atoms with Crippen LogP contribution >= 0.6 is 0 Å². The maximum atomic E-state index is 12.6. The molecule has 3 aromatic carbocycles. The van der Waals surface area contributed by atoms with E-state index in [2.05, 4.69) is 60.7 Å². The van der Waals surface area contributed by atoms with Crippen LogP contribution in [0.15, 0.2) is 65.6 Å². The van der Waals surface area contributed by atoms with E-state index in [4.69, 9.17) is 0 Å². The third-order valence-electron chi connectivity index (χ3n) is 3.10. The first-order valence-electron chi connectivity index (χ1n) is 7.35. The Kier molecular flexibility index (Phi) is 7.49. The minimum absolute atomic E-state index is 0.0287. The largest absolute Gasteiger partial charge is 0.744 e. The first-order chi connectivity index (χ1) is 13.1. The first kappa shape index (κ1) is 22.2. The van der Waals surface area contributed by atoms with Gasteiger partial charge >= 0.3 is 21.2 Å². The molecule has 28 heavy (non-hydrogen) atoms. The molecule has 0 aromatic heterocycles. The summed E-state index contributed by atoms with van der Waals surface area (Å²) in [5.41, 5.74) is 0. The molecule has 0 bridgehead atoms. The molecule has 0 aliphatic carbocycles. The summed E-state index contributed by atoms with van der Waals surface area (Å²) < 4.78 is 95.9. The summed E-state index contributed by atoms with van der Waals surface area (Å²) >= 11 is 0.0287. The van der Waals surface area contributed by atoms with E-state index in [1.807, 2.05) is 0 Å². The molecule has 0 aliphatic rings. The van der Waals surface area contributed by atoms with Crippen LogP contribution in [0.2, 0.25) is 0 Å². The van der Waals surface area contributed by atoms with Crippen molar-refractivity contribution in [2.75, 3.05) is 0 Å². The molecule has 10 heteroatoms. The van der Waals surface area contributed by atoms with Crippen molar-refractivity contribution in [3.63, 3.8) is 0 Å². The Morgan fingerprint density at radius 3 is 1.25 bits per heavy atom. The quantitative estimate of drug-likeness (QED) is 0.168. The number of hydrogen-bond acceptors (Lipinski definition) is 3. The fourth-order valence-electron chi connectivity index (χ4n) is 1.89. The standard InChI is InChI=1S/C12H10I.C6HF5O3S/c1-3-7-11(8-4-1)13-12-9-5-2-6-10-12;7-1-2(8)4(10)6(15(12,13)14)5(11)3(1)9/h1-10H;(H,12,13,14)/q+1;/p-1. The van der Waals surface area contributed by atoms with Crippen molar-refractivity contribution in [3.8, 4) is 0 Å². The van der Waals surface area contributed by atoms with Gasteiger partial charge in [-0.3, -0.25) is 0 Å². The maximum absolute atomic E-state index is 12.6. The molecule has 0 N–H and O–H groups in total. The van der Waals surface area contributed by atoms with E-state index in [9.17, 15) is 34.9 Å². The van der Waals surface area contributed by atoms with Gasteiger partial charge in [-0.05, 0) is 24.3 Å². The van der Waals surface area contributed by atoms with Crippen molar-refractivity contribution in [1.82, 2.24) is 0 Å². The minimum Gasteiger partial charge on any atom is -0.744 e. The Balaban J connectivity index is 0.000000202. The van der Waals surface area contributed by atoms with Crippen molar-refractivity contribution < 1.29 is 56.1 Å². The molecule has 0 radical (unpaired) electrons. The van der Waals surface area contributed by atoms with Crippen LogP contribution in [0.5, 0.6) is 0 Å². The molecule has 0 fully saturated rings. The van der Waals surface area contributed by atoms with Gasteiger partial charge in [-0.2, -0.15) is 0 Å². The Bertz CT molecular complexity index is 995. The van der Waals surface area contributed by atoms with Crippen LogP contribution in [0.25, 0.3) is 0 Å². The predicted octanol–water partition coefficient (Wildman–Crippen LogP) is 1.10. The highest BCUT2D eigenvalue weighted by Crippen LogP contribution is 2.26. The average Bonchev–Trinajstić information content (AvgIpc) is 2.66. The molecular formula is C18H10F5IO3S. The minimum atomic E-state index is -5.77. The van der Waals surface area contributed by atoms with Gasteiger partial charge in [-0.25, -0.2) is 30.4 Å². The first-order valence-corrected chi connectivity index (χ1v) is 10.9. The fraction of sp³-hybridized carbons (Fsp3) is 0. The zero-order valence-electron chi connectivity index (χ0n) is 13.7. The van der Waals surface area contributed by atoms with E-state index in [0.717, 1.165) is 0 Å². The van der Waals surface area contributed by atoms with Crippen molar-refractivity contribution in [2.45, 2.75) is 4.90 Å². The Hall–Kier alpha value is -2.05. The summed E-state index contributed by atoms with van der Waals surface area (Å²) in [5, 5.41) is 0. The summed E-state index contributed by atoms with van der Waals surface area (Å²) in [6.45, 7) is 0. The van der Waals surface area contributed by atoms with Crippen LogP contribution in [0.4, 0.5) is 22.0 Å². The molecule has 0 unspecified atom stereocenters. The molecule has 0 saturated heterocycles. The van der Waals surface area contributed by atoms with Gasteiger partial charge in [0.2, 0.25) is 5.82 Å². The van der Waals surface area contributed by atoms with Gasteiger partial charge in [0.25, 0.3) is 0 Å². The summed E-state index contributed by atoms with van der Waals surface area (Å²) in [4.78, 5) is -2.38. The van der Waals surface area contributed by atoms with Crippen LogP contribution in [-0.2, 0) is 10.1 Å². The van der Waals surface area contributed by atoms with Gasteiger partial charge in [0, 0.05) is 0 Å². The Morgan fingerprint density at radius 2 is 0.929 bits per heavy atom. The molecular weight excluding hydrogens is 518 g/mol. The molecule has 0 spiro atoms. The van der Waals surface area contributed by atoms with Crippen LogP contribution in [-0.4, -0.2) is 13.0 Å². The molecule has 0 amide bonds. The predicted molar refractivity (Wildman–Crippen MR) is 84.5 cm³/mol. The molecule has 148 valence electrons. The highest BCUT2D eigenvalue weighted by atomic mass is 127. The lowest BCUT2D eigenvalue weighted by Gasteiger charge is -2.10. The van der Waals surface area contributed by atoms with E-state index in [1.54, 1.807) is 0 Å².